The lowest BCUT2D eigenvalue weighted by Crippen LogP contribution is -2.33. The third-order valence-electron chi connectivity index (χ3n) is 3.05. The van der Waals surface area contributed by atoms with Crippen molar-refractivity contribution in [2.75, 3.05) is 5.73 Å². The van der Waals surface area contributed by atoms with Crippen LogP contribution in [-0.4, -0.2) is 14.5 Å². The second-order valence-corrected chi connectivity index (χ2v) is 7.11. The van der Waals surface area contributed by atoms with Crippen LogP contribution in [0.5, 0.6) is 0 Å². The minimum Gasteiger partial charge on any atom is -0.399 e. The largest absolute Gasteiger partial charge is 0.399 e. The Bertz CT molecular complexity index is 588. The van der Waals surface area contributed by atoms with E-state index in [1.54, 1.807) is 6.92 Å². The van der Waals surface area contributed by atoms with E-state index in [2.05, 4.69) is 4.72 Å². The highest BCUT2D eigenvalue weighted by molar-refractivity contribution is 7.89. The molecule has 1 atom stereocenters. The second kappa shape index (κ2) is 5.26. The first-order valence-corrected chi connectivity index (χ1v) is 7.92. The number of anilines is 1. The van der Waals surface area contributed by atoms with Crippen LogP contribution in [0, 0.1) is 11.7 Å². The molecule has 1 aliphatic carbocycles. The van der Waals surface area contributed by atoms with Gasteiger partial charge in [0.05, 0.1) is 5.02 Å². The number of nitrogen functional groups attached to an aromatic ring is 1. The fourth-order valence-electron chi connectivity index (χ4n) is 2.01. The molecule has 2 rings (SSSR count). The van der Waals surface area contributed by atoms with E-state index in [9.17, 15) is 12.8 Å². The molecule has 1 unspecified atom stereocenters. The zero-order valence-corrected chi connectivity index (χ0v) is 12.1. The zero-order valence-electron chi connectivity index (χ0n) is 10.5. The zero-order chi connectivity index (χ0) is 14.2. The van der Waals surface area contributed by atoms with Gasteiger partial charge in [-0.05, 0) is 31.4 Å². The lowest BCUT2D eigenvalue weighted by Gasteiger charge is -2.15. The average molecular weight is 307 g/mol. The van der Waals surface area contributed by atoms with Crippen LogP contribution in [0.25, 0.3) is 0 Å². The molecule has 0 aromatic heterocycles. The average Bonchev–Trinajstić information content (AvgIpc) is 3.05. The molecule has 1 aliphatic rings. The molecular formula is C12H16ClFN2O2S. The molecule has 19 heavy (non-hydrogen) atoms. The maximum Gasteiger partial charge on any atom is 0.243 e. The van der Waals surface area contributed by atoms with Gasteiger partial charge in [-0.2, -0.15) is 0 Å². The van der Waals surface area contributed by atoms with E-state index < -0.39 is 20.7 Å². The van der Waals surface area contributed by atoms with Crippen molar-refractivity contribution in [1.82, 2.24) is 4.72 Å². The second-order valence-electron chi connectivity index (χ2n) is 5.02. The van der Waals surface area contributed by atoms with E-state index in [4.69, 9.17) is 17.3 Å². The fraction of sp³-hybridized carbons (Fsp3) is 0.500. The smallest absolute Gasteiger partial charge is 0.243 e. The van der Waals surface area contributed by atoms with Crippen LogP contribution in [0.3, 0.4) is 0 Å². The number of rotatable bonds is 5. The van der Waals surface area contributed by atoms with Crippen molar-refractivity contribution >= 4 is 27.3 Å². The first-order chi connectivity index (χ1) is 8.79. The summed E-state index contributed by atoms with van der Waals surface area (Å²) in [6.07, 6.45) is 3.02. The lowest BCUT2D eigenvalue weighted by atomic mass is 10.2. The fourth-order valence-corrected chi connectivity index (χ4v) is 3.68. The van der Waals surface area contributed by atoms with Crippen LogP contribution in [0.2, 0.25) is 5.02 Å². The van der Waals surface area contributed by atoms with Crippen molar-refractivity contribution < 1.29 is 12.8 Å². The van der Waals surface area contributed by atoms with Crippen molar-refractivity contribution in [3.8, 4) is 0 Å². The van der Waals surface area contributed by atoms with E-state index in [0.29, 0.717) is 5.92 Å². The van der Waals surface area contributed by atoms with Gasteiger partial charge in [0.1, 0.15) is 4.90 Å². The van der Waals surface area contributed by atoms with E-state index >= 15 is 0 Å². The predicted molar refractivity (Wildman–Crippen MR) is 72.9 cm³/mol. The molecule has 1 fully saturated rings. The predicted octanol–water partition coefficient (Wildman–Crippen LogP) is 2.53. The molecule has 0 radical (unpaired) electrons. The molecule has 0 spiro atoms. The highest BCUT2D eigenvalue weighted by Gasteiger charge is 2.28. The van der Waals surface area contributed by atoms with Gasteiger partial charge in [-0.15, -0.1) is 0 Å². The van der Waals surface area contributed by atoms with E-state index in [0.717, 1.165) is 25.3 Å². The number of sulfonamides is 1. The van der Waals surface area contributed by atoms with E-state index in [-0.39, 0.29) is 16.8 Å². The molecule has 0 amide bonds. The summed E-state index contributed by atoms with van der Waals surface area (Å²) in [7, 11) is -3.94. The highest BCUT2D eigenvalue weighted by atomic mass is 35.5. The maximum atomic E-state index is 13.8. The summed E-state index contributed by atoms with van der Waals surface area (Å²) in [5.41, 5.74) is 5.62. The Hall–Kier alpha value is -0.850. The van der Waals surface area contributed by atoms with Crippen LogP contribution in [0.15, 0.2) is 17.0 Å². The summed E-state index contributed by atoms with van der Waals surface area (Å²) in [4.78, 5) is -0.500. The molecular weight excluding hydrogens is 291 g/mol. The number of nitrogens with two attached hydrogens (primary N) is 1. The Morgan fingerprint density at radius 3 is 2.74 bits per heavy atom. The van der Waals surface area contributed by atoms with Crippen molar-refractivity contribution in [3.05, 3.63) is 23.0 Å². The Morgan fingerprint density at radius 1 is 1.53 bits per heavy atom. The maximum absolute atomic E-state index is 13.8. The molecule has 1 aromatic rings. The Kier molecular flexibility index (Phi) is 4.03. The summed E-state index contributed by atoms with van der Waals surface area (Å²) in [5, 5.41) is -0.296. The SMILES string of the molecule is CC(CC1CC1)NS(=O)(=O)c1cc(N)cc(Cl)c1F. The van der Waals surface area contributed by atoms with Crippen LogP contribution >= 0.6 is 11.6 Å². The van der Waals surface area contributed by atoms with Crippen LogP contribution in [0.4, 0.5) is 10.1 Å². The van der Waals surface area contributed by atoms with Gasteiger partial charge in [-0.1, -0.05) is 24.4 Å². The highest BCUT2D eigenvalue weighted by Crippen LogP contribution is 2.34. The van der Waals surface area contributed by atoms with Crippen molar-refractivity contribution in [2.45, 2.75) is 37.1 Å². The molecule has 1 saturated carbocycles. The number of halogens is 2. The summed E-state index contributed by atoms with van der Waals surface area (Å²) in [6, 6.07) is 2.02. The van der Waals surface area contributed by atoms with Crippen LogP contribution < -0.4 is 10.5 Å². The molecule has 0 bridgehead atoms. The molecule has 0 saturated heterocycles. The number of hydrogen-bond acceptors (Lipinski definition) is 3. The van der Waals surface area contributed by atoms with Gasteiger partial charge >= 0.3 is 0 Å². The summed E-state index contributed by atoms with van der Waals surface area (Å²) in [6.45, 7) is 1.77. The van der Waals surface area contributed by atoms with Crippen LogP contribution in [-0.2, 0) is 10.0 Å². The van der Waals surface area contributed by atoms with Gasteiger partial charge in [0, 0.05) is 11.7 Å². The number of hydrogen-bond donors (Lipinski definition) is 2. The minimum atomic E-state index is -3.94. The molecule has 7 heteroatoms. The summed E-state index contributed by atoms with van der Waals surface area (Å²) >= 11 is 5.61. The Labute approximate surface area is 117 Å². The first-order valence-electron chi connectivity index (χ1n) is 6.06. The van der Waals surface area contributed by atoms with Gasteiger partial charge in [0.15, 0.2) is 5.82 Å². The van der Waals surface area contributed by atoms with Gasteiger partial charge in [-0.25, -0.2) is 17.5 Å². The normalized spacial score (nSPS) is 17.4. The van der Waals surface area contributed by atoms with Crippen molar-refractivity contribution in [3.63, 3.8) is 0 Å². The summed E-state index contributed by atoms with van der Waals surface area (Å²) < 4.78 is 40.5. The Balaban J connectivity index is 2.23. The first kappa shape index (κ1) is 14.6. The van der Waals surface area contributed by atoms with Crippen molar-refractivity contribution in [2.24, 2.45) is 5.92 Å². The van der Waals surface area contributed by atoms with Crippen molar-refractivity contribution in [1.29, 1.82) is 0 Å². The third kappa shape index (κ3) is 3.58. The number of nitrogens with one attached hydrogen (secondary N) is 1. The Morgan fingerprint density at radius 2 is 2.16 bits per heavy atom. The lowest BCUT2D eigenvalue weighted by molar-refractivity contribution is 0.521. The monoisotopic (exact) mass is 306 g/mol. The van der Waals surface area contributed by atoms with Crippen LogP contribution in [0.1, 0.15) is 26.2 Å². The molecule has 1 aromatic carbocycles. The molecule has 0 aliphatic heterocycles. The minimum absolute atomic E-state index is 0.113. The summed E-state index contributed by atoms with van der Waals surface area (Å²) in [5.74, 6) is -0.394. The van der Waals surface area contributed by atoms with Gasteiger partial charge < -0.3 is 5.73 Å². The molecule has 106 valence electrons. The van der Waals surface area contributed by atoms with Gasteiger partial charge in [-0.3, -0.25) is 0 Å². The molecule has 4 nitrogen and oxygen atoms in total. The quantitative estimate of drug-likeness (QED) is 0.821. The van der Waals surface area contributed by atoms with Gasteiger partial charge in [0.25, 0.3) is 0 Å². The third-order valence-corrected chi connectivity index (χ3v) is 4.91. The van der Waals surface area contributed by atoms with Gasteiger partial charge in [0.2, 0.25) is 10.0 Å². The van der Waals surface area contributed by atoms with E-state index in [1.807, 2.05) is 0 Å². The topological polar surface area (TPSA) is 72.2 Å². The molecule has 0 heterocycles. The molecule has 3 N–H and O–H groups in total. The number of benzene rings is 1. The van der Waals surface area contributed by atoms with E-state index in [1.165, 1.54) is 6.07 Å². The standard InChI is InChI=1S/C12H16ClFN2O2S/c1-7(4-8-2-3-8)16-19(17,18)11-6-9(15)5-10(13)12(11)14/h5-8,16H,2-4,15H2,1H3.